The Bertz CT molecular complexity index is 524. The van der Waals surface area contributed by atoms with Crippen LogP contribution in [0.25, 0.3) is 5.57 Å². The van der Waals surface area contributed by atoms with Gasteiger partial charge in [0.25, 0.3) is 0 Å². The van der Waals surface area contributed by atoms with Crippen LogP contribution in [0.5, 0.6) is 0 Å². The Morgan fingerprint density at radius 1 is 1.21 bits per heavy atom. The predicted octanol–water partition coefficient (Wildman–Crippen LogP) is 5.70. The van der Waals surface area contributed by atoms with E-state index < -0.39 is 0 Å². The summed E-state index contributed by atoms with van der Waals surface area (Å²) in [5, 5.41) is 0. The van der Waals surface area contributed by atoms with Gasteiger partial charge >= 0.3 is 0 Å². The first-order valence-corrected chi connectivity index (χ1v) is 7.12. The van der Waals surface area contributed by atoms with Gasteiger partial charge < -0.3 is 0 Å². The van der Waals surface area contributed by atoms with E-state index in [2.05, 4.69) is 74.6 Å². The first-order chi connectivity index (χ1) is 9.33. The minimum absolute atomic E-state index is 1.09. The van der Waals surface area contributed by atoms with Gasteiger partial charge in [-0.25, -0.2) is 0 Å². The van der Waals surface area contributed by atoms with Gasteiger partial charge in [0, 0.05) is 0 Å². The number of hydrogen-bond donors (Lipinski definition) is 0. The molecule has 0 amide bonds. The summed E-state index contributed by atoms with van der Waals surface area (Å²) in [5.74, 6) is 0. The Balaban J connectivity index is 2.38. The first kappa shape index (κ1) is 13.6. The third-order valence-electron chi connectivity index (χ3n) is 3.45. The molecule has 0 saturated carbocycles. The normalized spacial score (nSPS) is 16.4. The maximum Gasteiger partial charge on any atom is -0.0152 e. The van der Waals surface area contributed by atoms with Gasteiger partial charge in [0.05, 0.1) is 0 Å². The second-order valence-electron chi connectivity index (χ2n) is 4.89. The average Bonchev–Trinajstić information content (AvgIpc) is 2.48. The van der Waals surface area contributed by atoms with Crippen molar-refractivity contribution in [3.8, 4) is 0 Å². The summed E-state index contributed by atoms with van der Waals surface area (Å²) in [6.45, 7) is 4.38. The lowest BCUT2D eigenvalue weighted by atomic mass is 9.88. The largest absolute Gasteiger partial charge is 0.0848 e. The van der Waals surface area contributed by atoms with Crippen LogP contribution in [-0.2, 0) is 0 Å². The van der Waals surface area contributed by atoms with Gasteiger partial charge in [0.2, 0.25) is 0 Å². The van der Waals surface area contributed by atoms with Crippen molar-refractivity contribution in [2.75, 3.05) is 0 Å². The molecule has 0 fully saturated rings. The molecule has 0 unspecified atom stereocenters. The van der Waals surface area contributed by atoms with E-state index in [0.29, 0.717) is 0 Å². The Hall–Kier alpha value is -1.82. The molecule has 1 aromatic rings. The van der Waals surface area contributed by atoms with Crippen molar-refractivity contribution in [3.05, 3.63) is 77.4 Å². The molecule has 0 radical (unpaired) electrons. The van der Waals surface area contributed by atoms with E-state index in [9.17, 15) is 0 Å². The number of allylic oxidation sites excluding steroid dienone is 8. The lowest BCUT2D eigenvalue weighted by molar-refractivity contribution is 0.974. The van der Waals surface area contributed by atoms with Crippen LogP contribution in [0, 0.1) is 0 Å². The smallest absolute Gasteiger partial charge is 0.0152 e. The number of hydrogen-bond acceptors (Lipinski definition) is 0. The first-order valence-electron chi connectivity index (χ1n) is 7.12. The fraction of sp³-hybridized carbons (Fsp3) is 0.263. The molecular formula is C19H22. The topological polar surface area (TPSA) is 0 Å². The molecule has 0 spiro atoms. The molecule has 1 aromatic carbocycles. The second-order valence-corrected chi connectivity index (χ2v) is 4.89. The minimum atomic E-state index is 1.09. The van der Waals surface area contributed by atoms with Crippen LogP contribution in [0.2, 0.25) is 0 Å². The van der Waals surface area contributed by atoms with Gasteiger partial charge in [-0.05, 0) is 48.5 Å². The Kier molecular flexibility index (Phi) is 4.97. The van der Waals surface area contributed by atoms with E-state index in [1.807, 2.05) is 0 Å². The maximum atomic E-state index is 2.28. The quantitative estimate of drug-likeness (QED) is 0.601. The molecule has 98 valence electrons. The lowest BCUT2D eigenvalue weighted by Crippen LogP contribution is -1.96. The summed E-state index contributed by atoms with van der Waals surface area (Å²) in [4.78, 5) is 0. The van der Waals surface area contributed by atoms with Crippen molar-refractivity contribution in [2.24, 2.45) is 0 Å². The van der Waals surface area contributed by atoms with Crippen molar-refractivity contribution in [2.45, 2.75) is 33.1 Å². The molecule has 1 aliphatic carbocycles. The van der Waals surface area contributed by atoms with Crippen LogP contribution < -0.4 is 0 Å². The molecule has 0 heteroatoms. The van der Waals surface area contributed by atoms with Crippen molar-refractivity contribution in [3.63, 3.8) is 0 Å². The van der Waals surface area contributed by atoms with Crippen molar-refractivity contribution < 1.29 is 0 Å². The average molecular weight is 250 g/mol. The van der Waals surface area contributed by atoms with Gasteiger partial charge in [-0.3, -0.25) is 0 Å². The monoisotopic (exact) mass is 250 g/mol. The molecule has 0 bridgehead atoms. The van der Waals surface area contributed by atoms with Crippen molar-refractivity contribution in [1.29, 1.82) is 0 Å². The molecule has 0 nitrogen and oxygen atoms in total. The van der Waals surface area contributed by atoms with Gasteiger partial charge in [0.15, 0.2) is 0 Å². The minimum Gasteiger partial charge on any atom is -0.0848 e. The molecule has 0 N–H and O–H groups in total. The SMILES string of the molecule is CC/C=C\C=C(/C)C1=C(c2ccccc2)C=CCC1. The van der Waals surface area contributed by atoms with E-state index in [1.54, 1.807) is 0 Å². The van der Waals surface area contributed by atoms with Crippen LogP contribution in [-0.4, -0.2) is 0 Å². The molecule has 0 saturated heterocycles. The molecule has 0 heterocycles. The summed E-state index contributed by atoms with van der Waals surface area (Å²) in [6, 6.07) is 10.7. The lowest BCUT2D eigenvalue weighted by Gasteiger charge is -2.17. The maximum absolute atomic E-state index is 2.28. The number of benzene rings is 1. The second kappa shape index (κ2) is 6.94. The van der Waals surface area contributed by atoms with Crippen LogP contribution in [0.1, 0.15) is 38.7 Å². The molecule has 1 aliphatic rings. The van der Waals surface area contributed by atoms with Crippen LogP contribution >= 0.6 is 0 Å². The molecule has 19 heavy (non-hydrogen) atoms. The Morgan fingerprint density at radius 2 is 2.00 bits per heavy atom. The summed E-state index contributed by atoms with van der Waals surface area (Å²) in [6.07, 6.45) is 14.5. The van der Waals surface area contributed by atoms with Gasteiger partial charge in [-0.2, -0.15) is 0 Å². The summed E-state index contributed by atoms with van der Waals surface area (Å²) in [7, 11) is 0. The summed E-state index contributed by atoms with van der Waals surface area (Å²) in [5.41, 5.74) is 5.56. The van der Waals surface area contributed by atoms with Gasteiger partial charge in [-0.15, -0.1) is 0 Å². The summed E-state index contributed by atoms with van der Waals surface area (Å²) >= 11 is 0. The van der Waals surface area contributed by atoms with E-state index in [-0.39, 0.29) is 0 Å². The van der Waals surface area contributed by atoms with Crippen molar-refractivity contribution >= 4 is 5.57 Å². The summed E-state index contributed by atoms with van der Waals surface area (Å²) < 4.78 is 0. The van der Waals surface area contributed by atoms with Crippen LogP contribution in [0.4, 0.5) is 0 Å². The third kappa shape index (κ3) is 3.57. The highest BCUT2D eigenvalue weighted by Gasteiger charge is 2.11. The predicted molar refractivity (Wildman–Crippen MR) is 84.9 cm³/mol. The van der Waals surface area contributed by atoms with E-state index in [0.717, 1.165) is 19.3 Å². The fourth-order valence-corrected chi connectivity index (χ4v) is 2.41. The van der Waals surface area contributed by atoms with E-state index in [1.165, 1.54) is 22.3 Å². The van der Waals surface area contributed by atoms with Gasteiger partial charge in [-0.1, -0.05) is 67.6 Å². The van der Waals surface area contributed by atoms with E-state index >= 15 is 0 Å². The fourth-order valence-electron chi connectivity index (χ4n) is 2.41. The molecule has 0 atom stereocenters. The standard InChI is InChI=1S/C19H22/c1-3-4-6-11-16(2)18-14-9-10-15-19(18)17-12-7-5-8-13-17/h4-8,10-13,15H,3,9,14H2,1-2H3/b6-4-,16-11+. The molecular weight excluding hydrogens is 228 g/mol. The molecule has 2 rings (SSSR count). The molecule has 0 aliphatic heterocycles. The highest BCUT2D eigenvalue weighted by molar-refractivity contribution is 5.80. The zero-order chi connectivity index (χ0) is 13.5. The number of rotatable bonds is 4. The van der Waals surface area contributed by atoms with E-state index in [4.69, 9.17) is 0 Å². The van der Waals surface area contributed by atoms with Crippen LogP contribution in [0.3, 0.4) is 0 Å². The highest BCUT2D eigenvalue weighted by Crippen LogP contribution is 2.31. The van der Waals surface area contributed by atoms with Gasteiger partial charge in [0.1, 0.15) is 0 Å². The third-order valence-corrected chi connectivity index (χ3v) is 3.45. The molecule has 0 aromatic heterocycles. The Labute approximate surface area is 116 Å². The van der Waals surface area contributed by atoms with Crippen molar-refractivity contribution in [1.82, 2.24) is 0 Å². The zero-order valence-corrected chi connectivity index (χ0v) is 11.9. The highest BCUT2D eigenvalue weighted by atomic mass is 14.2. The zero-order valence-electron chi connectivity index (χ0n) is 11.9. The van der Waals surface area contributed by atoms with Crippen LogP contribution in [0.15, 0.2) is 71.9 Å². The Morgan fingerprint density at radius 3 is 2.74 bits per heavy atom.